The van der Waals surface area contributed by atoms with E-state index in [1.54, 1.807) is 24.4 Å². The normalized spacial score (nSPS) is 9.75. The monoisotopic (exact) mass is 212 g/mol. The minimum Gasteiger partial charge on any atom is -0.256 e. The number of benzene rings is 1. The lowest BCUT2D eigenvalue weighted by atomic mass is 10.0. The first-order chi connectivity index (χ1) is 7.81. The Bertz CT molecular complexity index is 544. The second-order valence-corrected chi connectivity index (χ2v) is 3.36. The first-order valence-corrected chi connectivity index (χ1v) is 4.88. The summed E-state index contributed by atoms with van der Waals surface area (Å²) in [5.41, 5.74) is 2.19. The average molecular weight is 212 g/mol. The summed E-state index contributed by atoms with van der Waals surface area (Å²) in [7, 11) is 0. The largest absolute Gasteiger partial charge is 0.256 e. The van der Waals surface area contributed by atoms with Crippen LogP contribution in [0.25, 0.3) is 11.3 Å². The molecular formula is C13H9FN2. The molecular weight excluding hydrogens is 203 g/mol. The van der Waals surface area contributed by atoms with Gasteiger partial charge in [-0.3, -0.25) is 4.98 Å². The van der Waals surface area contributed by atoms with Gasteiger partial charge in [-0.15, -0.1) is 0 Å². The van der Waals surface area contributed by atoms with Crippen LogP contribution in [-0.2, 0) is 6.42 Å². The maximum atomic E-state index is 13.1. The summed E-state index contributed by atoms with van der Waals surface area (Å²) in [6.07, 6.45) is 1.92. The Hall–Kier alpha value is -2.21. The van der Waals surface area contributed by atoms with Crippen molar-refractivity contribution in [2.24, 2.45) is 0 Å². The molecule has 0 amide bonds. The van der Waals surface area contributed by atoms with Crippen molar-refractivity contribution in [3.63, 3.8) is 0 Å². The van der Waals surface area contributed by atoms with Crippen LogP contribution >= 0.6 is 0 Å². The van der Waals surface area contributed by atoms with Crippen LogP contribution in [0.15, 0.2) is 42.6 Å². The summed E-state index contributed by atoms with van der Waals surface area (Å²) in [6, 6.07) is 11.9. The van der Waals surface area contributed by atoms with Gasteiger partial charge in [0.15, 0.2) is 0 Å². The van der Waals surface area contributed by atoms with Gasteiger partial charge in [-0.25, -0.2) is 4.39 Å². The summed E-state index contributed by atoms with van der Waals surface area (Å²) in [6.45, 7) is 0. The predicted molar refractivity (Wildman–Crippen MR) is 58.9 cm³/mol. The third kappa shape index (κ3) is 2.06. The topological polar surface area (TPSA) is 36.7 Å². The second kappa shape index (κ2) is 4.54. The molecule has 16 heavy (non-hydrogen) atoms. The lowest BCUT2D eigenvalue weighted by Crippen LogP contribution is -1.92. The Balaban J connectivity index is 2.52. The zero-order valence-electron chi connectivity index (χ0n) is 8.52. The molecule has 2 nitrogen and oxygen atoms in total. The van der Waals surface area contributed by atoms with Gasteiger partial charge in [0.2, 0.25) is 0 Å². The third-order valence-corrected chi connectivity index (χ3v) is 2.26. The van der Waals surface area contributed by atoms with Crippen LogP contribution in [0.3, 0.4) is 0 Å². The van der Waals surface area contributed by atoms with Crippen molar-refractivity contribution >= 4 is 0 Å². The molecule has 0 atom stereocenters. The highest BCUT2D eigenvalue weighted by Gasteiger charge is 2.06. The van der Waals surface area contributed by atoms with Crippen molar-refractivity contribution in [2.45, 2.75) is 6.42 Å². The van der Waals surface area contributed by atoms with E-state index in [-0.39, 0.29) is 12.2 Å². The summed E-state index contributed by atoms with van der Waals surface area (Å²) < 4.78 is 13.1. The lowest BCUT2D eigenvalue weighted by Gasteiger charge is -2.05. The second-order valence-electron chi connectivity index (χ2n) is 3.36. The highest BCUT2D eigenvalue weighted by molar-refractivity contribution is 5.63. The van der Waals surface area contributed by atoms with E-state index >= 15 is 0 Å². The minimum absolute atomic E-state index is 0.277. The van der Waals surface area contributed by atoms with E-state index in [4.69, 9.17) is 5.26 Å². The summed E-state index contributed by atoms with van der Waals surface area (Å²) in [5, 5.41) is 8.69. The molecule has 0 saturated carbocycles. The van der Waals surface area contributed by atoms with E-state index in [1.165, 1.54) is 12.1 Å². The van der Waals surface area contributed by atoms with Crippen molar-refractivity contribution in [2.75, 3.05) is 0 Å². The Morgan fingerprint density at radius 3 is 2.88 bits per heavy atom. The van der Waals surface area contributed by atoms with Gasteiger partial charge in [-0.05, 0) is 23.8 Å². The van der Waals surface area contributed by atoms with Crippen LogP contribution in [0, 0.1) is 17.1 Å². The van der Waals surface area contributed by atoms with Gasteiger partial charge >= 0.3 is 0 Å². The molecule has 0 fully saturated rings. The maximum absolute atomic E-state index is 13.1. The van der Waals surface area contributed by atoms with Crippen molar-refractivity contribution in [3.8, 4) is 17.3 Å². The molecule has 2 aromatic rings. The smallest absolute Gasteiger partial charge is 0.123 e. The van der Waals surface area contributed by atoms with Crippen molar-refractivity contribution in [1.82, 2.24) is 4.98 Å². The molecule has 0 unspecified atom stereocenters. The van der Waals surface area contributed by atoms with Gasteiger partial charge in [0.25, 0.3) is 0 Å². The zero-order valence-corrected chi connectivity index (χ0v) is 8.52. The Morgan fingerprint density at radius 2 is 2.12 bits per heavy atom. The number of hydrogen-bond donors (Lipinski definition) is 0. The van der Waals surface area contributed by atoms with Crippen molar-refractivity contribution in [1.29, 1.82) is 5.26 Å². The standard InChI is InChI=1S/C13H9FN2/c14-12-5-1-3-11(9-12)13-10(6-7-15)4-2-8-16-13/h1-5,8-9H,6H2. The molecule has 0 radical (unpaired) electrons. The molecule has 1 aromatic heterocycles. The van der Waals surface area contributed by atoms with E-state index < -0.39 is 0 Å². The molecule has 78 valence electrons. The minimum atomic E-state index is -0.300. The third-order valence-electron chi connectivity index (χ3n) is 2.26. The molecule has 0 aliphatic rings. The zero-order chi connectivity index (χ0) is 11.4. The first-order valence-electron chi connectivity index (χ1n) is 4.88. The Morgan fingerprint density at radius 1 is 1.25 bits per heavy atom. The van der Waals surface area contributed by atoms with Gasteiger partial charge in [0.05, 0.1) is 18.2 Å². The fourth-order valence-electron chi connectivity index (χ4n) is 1.56. The number of aromatic nitrogens is 1. The van der Waals surface area contributed by atoms with Crippen molar-refractivity contribution < 1.29 is 4.39 Å². The molecule has 0 aliphatic heterocycles. The molecule has 0 saturated heterocycles. The van der Waals surface area contributed by atoms with Crippen LogP contribution in [0.4, 0.5) is 4.39 Å². The molecule has 1 aromatic carbocycles. The highest BCUT2D eigenvalue weighted by atomic mass is 19.1. The molecule has 2 rings (SSSR count). The number of nitriles is 1. The first kappa shape index (κ1) is 10.3. The lowest BCUT2D eigenvalue weighted by molar-refractivity contribution is 0.628. The number of nitrogens with zero attached hydrogens (tertiary/aromatic N) is 2. The number of hydrogen-bond acceptors (Lipinski definition) is 2. The Labute approximate surface area is 93.0 Å². The summed E-state index contributed by atoms with van der Waals surface area (Å²) in [4.78, 5) is 4.19. The molecule has 0 aliphatic carbocycles. The van der Waals surface area contributed by atoms with E-state index in [9.17, 15) is 4.39 Å². The van der Waals surface area contributed by atoms with Crippen LogP contribution < -0.4 is 0 Å². The van der Waals surface area contributed by atoms with E-state index in [0.29, 0.717) is 11.3 Å². The van der Waals surface area contributed by atoms with Crippen LogP contribution in [0.1, 0.15) is 5.56 Å². The number of rotatable bonds is 2. The van der Waals surface area contributed by atoms with Gasteiger partial charge < -0.3 is 0 Å². The SMILES string of the molecule is N#CCc1cccnc1-c1cccc(F)c1. The molecule has 0 spiro atoms. The van der Waals surface area contributed by atoms with E-state index in [0.717, 1.165) is 5.56 Å². The van der Waals surface area contributed by atoms with Crippen LogP contribution in [0.2, 0.25) is 0 Å². The van der Waals surface area contributed by atoms with Crippen LogP contribution in [-0.4, -0.2) is 4.98 Å². The van der Waals surface area contributed by atoms with Gasteiger partial charge in [-0.2, -0.15) is 5.26 Å². The predicted octanol–water partition coefficient (Wildman–Crippen LogP) is 2.95. The number of halogens is 1. The average Bonchev–Trinajstić information content (AvgIpc) is 2.30. The van der Waals surface area contributed by atoms with Gasteiger partial charge in [-0.1, -0.05) is 18.2 Å². The molecule has 0 N–H and O–H groups in total. The Kier molecular flexibility index (Phi) is 2.93. The van der Waals surface area contributed by atoms with Gasteiger partial charge in [0.1, 0.15) is 5.82 Å². The maximum Gasteiger partial charge on any atom is 0.123 e. The van der Waals surface area contributed by atoms with E-state index in [2.05, 4.69) is 11.1 Å². The number of pyridine rings is 1. The highest BCUT2D eigenvalue weighted by Crippen LogP contribution is 2.21. The fraction of sp³-hybridized carbons (Fsp3) is 0.0769. The van der Waals surface area contributed by atoms with Gasteiger partial charge in [0, 0.05) is 11.8 Å². The fourth-order valence-corrected chi connectivity index (χ4v) is 1.56. The molecule has 1 heterocycles. The van der Waals surface area contributed by atoms with Crippen molar-refractivity contribution in [3.05, 3.63) is 54.0 Å². The van der Waals surface area contributed by atoms with E-state index in [1.807, 2.05) is 6.07 Å². The summed E-state index contributed by atoms with van der Waals surface area (Å²) in [5.74, 6) is -0.300. The van der Waals surface area contributed by atoms with Crippen LogP contribution in [0.5, 0.6) is 0 Å². The summed E-state index contributed by atoms with van der Waals surface area (Å²) >= 11 is 0. The molecule has 3 heteroatoms. The molecule has 0 bridgehead atoms. The quantitative estimate of drug-likeness (QED) is 0.767.